The Hall–Kier alpha value is -1.43. The molecule has 18 heavy (non-hydrogen) atoms. The van der Waals surface area contributed by atoms with Crippen LogP contribution in [-0.4, -0.2) is 39.6 Å². The second kappa shape index (κ2) is 5.48. The molecule has 1 aromatic heterocycles. The van der Waals surface area contributed by atoms with Crippen molar-refractivity contribution in [1.29, 1.82) is 0 Å². The summed E-state index contributed by atoms with van der Waals surface area (Å²) in [4.78, 5) is 6.44. The van der Waals surface area contributed by atoms with Crippen LogP contribution in [0.5, 0.6) is 0 Å². The zero-order chi connectivity index (χ0) is 13.1. The van der Waals surface area contributed by atoms with Crippen LogP contribution in [0.3, 0.4) is 0 Å². The average molecular weight is 266 g/mol. The van der Waals surface area contributed by atoms with Gasteiger partial charge in [-0.15, -0.1) is 0 Å². The summed E-state index contributed by atoms with van der Waals surface area (Å²) in [5.74, 6) is 1.21. The number of amidine groups is 1. The van der Waals surface area contributed by atoms with E-state index in [1.165, 1.54) is 0 Å². The molecule has 1 fully saturated rings. The van der Waals surface area contributed by atoms with Crippen molar-refractivity contribution in [3.8, 4) is 0 Å². The topological polar surface area (TPSA) is 74.7 Å². The minimum atomic E-state index is 0.130. The standard InChI is InChI=1S/C12H18N4OS/c1-8-9(2)18-6-5-16(8)11-7-14-4-3-10(11)12(13)15-17/h3-4,7-9,17H,5-6H2,1-2H3,(H2,13,15). The minimum absolute atomic E-state index is 0.130. The maximum atomic E-state index is 8.85. The number of nitrogens with zero attached hydrogens (tertiary/aromatic N) is 3. The summed E-state index contributed by atoms with van der Waals surface area (Å²) in [7, 11) is 0. The third-order valence-corrected chi connectivity index (χ3v) is 4.71. The summed E-state index contributed by atoms with van der Waals surface area (Å²) >= 11 is 1.97. The number of aromatic nitrogens is 1. The van der Waals surface area contributed by atoms with Gasteiger partial charge < -0.3 is 15.8 Å². The van der Waals surface area contributed by atoms with E-state index in [2.05, 4.69) is 28.9 Å². The highest BCUT2D eigenvalue weighted by Crippen LogP contribution is 2.30. The Morgan fingerprint density at radius 1 is 1.61 bits per heavy atom. The number of pyridine rings is 1. The molecule has 0 amide bonds. The Balaban J connectivity index is 2.38. The van der Waals surface area contributed by atoms with Crippen molar-refractivity contribution in [1.82, 2.24) is 4.98 Å². The van der Waals surface area contributed by atoms with Crippen LogP contribution < -0.4 is 10.6 Å². The van der Waals surface area contributed by atoms with Gasteiger partial charge in [0.15, 0.2) is 5.84 Å². The van der Waals surface area contributed by atoms with E-state index in [-0.39, 0.29) is 5.84 Å². The van der Waals surface area contributed by atoms with E-state index in [1.54, 1.807) is 18.5 Å². The summed E-state index contributed by atoms with van der Waals surface area (Å²) in [6.45, 7) is 5.37. The number of nitrogens with two attached hydrogens (primary N) is 1. The Kier molecular flexibility index (Phi) is 3.96. The van der Waals surface area contributed by atoms with Gasteiger partial charge in [-0.2, -0.15) is 11.8 Å². The van der Waals surface area contributed by atoms with Crippen molar-refractivity contribution in [3.05, 3.63) is 24.0 Å². The van der Waals surface area contributed by atoms with Crippen LogP contribution in [-0.2, 0) is 0 Å². The quantitative estimate of drug-likeness (QED) is 0.367. The minimum Gasteiger partial charge on any atom is -0.409 e. The lowest BCUT2D eigenvalue weighted by Gasteiger charge is -2.39. The van der Waals surface area contributed by atoms with Crippen LogP contribution in [0.25, 0.3) is 0 Å². The monoisotopic (exact) mass is 266 g/mol. The molecule has 3 N–H and O–H groups in total. The Morgan fingerprint density at radius 3 is 3.11 bits per heavy atom. The average Bonchev–Trinajstić information content (AvgIpc) is 2.41. The lowest BCUT2D eigenvalue weighted by atomic mass is 10.1. The number of anilines is 1. The fourth-order valence-electron chi connectivity index (χ4n) is 2.16. The number of hydrogen-bond acceptors (Lipinski definition) is 5. The Morgan fingerprint density at radius 2 is 2.39 bits per heavy atom. The number of oxime groups is 1. The lowest BCUT2D eigenvalue weighted by molar-refractivity contribution is 0.318. The molecule has 98 valence electrons. The normalized spacial score (nSPS) is 25.2. The molecule has 0 radical (unpaired) electrons. The molecule has 0 aliphatic carbocycles. The molecule has 6 heteroatoms. The van der Waals surface area contributed by atoms with E-state index in [0.717, 1.165) is 23.5 Å². The number of rotatable bonds is 2. The van der Waals surface area contributed by atoms with Gasteiger partial charge in [-0.3, -0.25) is 4.98 Å². The maximum absolute atomic E-state index is 8.85. The molecule has 2 atom stereocenters. The molecule has 0 saturated carbocycles. The van der Waals surface area contributed by atoms with E-state index in [1.807, 2.05) is 11.8 Å². The molecule has 1 aliphatic heterocycles. The van der Waals surface area contributed by atoms with Crippen LogP contribution in [0.1, 0.15) is 19.4 Å². The number of hydrogen-bond donors (Lipinski definition) is 2. The van der Waals surface area contributed by atoms with Gasteiger partial charge in [0.25, 0.3) is 0 Å². The maximum Gasteiger partial charge on any atom is 0.172 e. The van der Waals surface area contributed by atoms with Gasteiger partial charge >= 0.3 is 0 Å². The Labute approximate surface area is 111 Å². The van der Waals surface area contributed by atoms with Crippen LogP contribution in [0, 0.1) is 0 Å². The fourth-order valence-corrected chi connectivity index (χ4v) is 3.26. The van der Waals surface area contributed by atoms with Crippen molar-refractivity contribution < 1.29 is 5.21 Å². The summed E-state index contributed by atoms with van der Waals surface area (Å²) in [6.07, 6.45) is 3.44. The number of thioether (sulfide) groups is 1. The van der Waals surface area contributed by atoms with Crippen molar-refractivity contribution >= 4 is 23.3 Å². The van der Waals surface area contributed by atoms with Gasteiger partial charge in [0, 0.05) is 35.3 Å². The van der Waals surface area contributed by atoms with E-state index < -0.39 is 0 Å². The first kappa shape index (κ1) is 13.0. The van der Waals surface area contributed by atoms with Crippen LogP contribution in [0.15, 0.2) is 23.6 Å². The summed E-state index contributed by atoms with van der Waals surface area (Å²) < 4.78 is 0. The molecular weight excluding hydrogens is 248 g/mol. The summed E-state index contributed by atoms with van der Waals surface area (Å²) in [6, 6.07) is 2.18. The highest BCUT2D eigenvalue weighted by molar-refractivity contribution is 8.00. The van der Waals surface area contributed by atoms with Crippen LogP contribution >= 0.6 is 11.8 Å². The van der Waals surface area contributed by atoms with E-state index in [9.17, 15) is 0 Å². The molecule has 1 aromatic rings. The van der Waals surface area contributed by atoms with Gasteiger partial charge in [0.2, 0.25) is 0 Å². The second-order valence-electron chi connectivity index (χ2n) is 4.39. The SMILES string of the molecule is CC1SCCN(c2cnccc2/C(N)=N/O)C1C. The van der Waals surface area contributed by atoms with E-state index >= 15 is 0 Å². The highest BCUT2D eigenvalue weighted by Gasteiger charge is 2.27. The van der Waals surface area contributed by atoms with Crippen molar-refractivity contribution in [2.75, 3.05) is 17.2 Å². The van der Waals surface area contributed by atoms with Crippen LogP contribution in [0.4, 0.5) is 5.69 Å². The molecule has 2 unspecified atom stereocenters. The Bertz CT molecular complexity index is 451. The summed E-state index contributed by atoms with van der Waals surface area (Å²) in [5.41, 5.74) is 7.39. The predicted octanol–water partition coefficient (Wildman–Crippen LogP) is 1.51. The van der Waals surface area contributed by atoms with E-state index in [4.69, 9.17) is 10.9 Å². The molecule has 0 bridgehead atoms. The third-order valence-electron chi connectivity index (χ3n) is 3.38. The fraction of sp³-hybridized carbons (Fsp3) is 0.500. The molecule has 0 aromatic carbocycles. The smallest absolute Gasteiger partial charge is 0.172 e. The van der Waals surface area contributed by atoms with E-state index in [0.29, 0.717) is 11.3 Å². The highest BCUT2D eigenvalue weighted by atomic mass is 32.2. The zero-order valence-corrected chi connectivity index (χ0v) is 11.4. The predicted molar refractivity (Wildman–Crippen MR) is 75.5 cm³/mol. The zero-order valence-electron chi connectivity index (χ0n) is 10.6. The van der Waals surface area contributed by atoms with Gasteiger partial charge in [0.1, 0.15) is 0 Å². The molecule has 2 heterocycles. The van der Waals surface area contributed by atoms with Crippen LogP contribution in [0.2, 0.25) is 0 Å². The molecule has 1 aliphatic rings. The molecule has 5 nitrogen and oxygen atoms in total. The molecule has 1 saturated heterocycles. The van der Waals surface area contributed by atoms with Gasteiger partial charge in [-0.25, -0.2) is 0 Å². The second-order valence-corrected chi connectivity index (χ2v) is 5.87. The lowest BCUT2D eigenvalue weighted by Crippen LogP contribution is -2.45. The van der Waals surface area contributed by atoms with Crippen molar-refractivity contribution in [3.63, 3.8) is 0 Å². The first-order valence-corrected chi connectivity index (χ1v) is 7.00. The first-order chi connectivity index (χ1) is 8.65. The van der Waals surface area contributed by atoms with Crippen molar-refractivity contribution in [2.24, 2.45) is 10.9 Å². The largest absolute Gasteiger partial charge is 0.409 e. The third kappa shape index (κ3) is 2.38. The summed E-state index contributed by atoms with van der Waals surface area (Å²) in [5, 5.41) is 12.5. The first-order valence-electron chi connectivity index (χ1n) is 5.95. The van der Waals surface area contributed by atoms with Gasteiger partial charge in [-0.1, -0.05) is 12.1 Å². The van der Waals surface area contributed by atoms with Gasteiger partial charge in [0.05, 0.1) is 11.9 Å². The molecular formula is C12H18N4OS. The molecule has 0 spiro atoms. The van der Waals surface area contributed by atoms with Gasteiger partial charge in [-0.05, 0) is 13.0 Å². The van der Waals surface area contributed by atoms with Crippen molar-refractivity contribution in [2.45, 2.75) is 25.1 Å². The molecule has 2 rings (SSSR count).